The molecule has 0 heterocycles. The third kappa shape index (κ3) is 17.1. The standard InChI is InChI=1S/CHN.CH2O2.CH2O/c1-2;2-1-3;1-2/h1H;1H,(H,2,3);1H2. The van der Waals surface area contributed by atoms with E-state index < -0.39 is 0 Å². The first-order valence-corrected chi connectivity index (χ1v) is 1.04. The highest BCUT2D eigenvalue weighted by Gasteiger charge is 1.22. The van der Waals surface area contributed by atoms with Crippen molar-refractivity contribution < 1.29 is 14.7 Å². The molecule has 4 heteroatoms. The molecule has 7 heavy (non-hydrogen) atoms. The number of rotatable bonds is 0. The molecule has 4 nitrogen and oxygen atoms in total. The number of carbonyl (C=O) groups is 2. The SMILES string of the molecule is C#N.C=O.O=CO. The van der Waals surface area contributed by atoms with Crippen molar-refractivity contribution >= 4 is 13.3 Å². The normalized spacial score (nSPS) is 2.57. The van der Waals surface area contributed by atoms with Gasteiger partial charge in [-0.2, -0.15) is 0 Å². The number of nitriles is 1. The smallest absolute Gasteiger partial charge is 0.290 e. The van der Waals surface area contributed by atoms with Crippen LogP contribution in [0.1, 0.15) is 0 Å². The molecule has 0 fully saturated rings. The number of carboxylic acid groups (broad SMARTS) is 1. The van der Waals surface area contributed by atoms with Crippen molar-refractivity contribution in [2.75, 3.05) is 0 Å². The predicted octanol–water partition coefficient (Wildman–Crippen LogP) is -0.344. The van der Waals surface area contributed by atoms with Crippen LogP contribution in [0, 0.1) is 11.8 Å². The molecule has 0 radical (unpaired) electrons. The van der Waals surface area contributed by atoms with E-state index in [4.69, 9.17) is 20.0 Å². The van der Waals surface area contributed by atoms with Crippen molar-refractivity contribution in [2.45, 2.75) is 0 Å². The van der Waals surface area contributed by atoms with Gasteiger partial charge in [-0.05, 0) is 0 Å². The van der Waals surface area contributed by atoms with Crippen LogP contribution >= 0.6 is 0 Å². The Labute approximate surface area is 41.0 Å². The minimum atomic E-state index is -0.250. The Balaban J connectivity index is -0.0000000360. The molecule has 0 rings (SSSR count). The Kier molecular flexibility index (Phi) is 1110. The van der Waals surface area contributed by atoms with Crippen molar-refractivity contribution in [3.8, 4) is 6.57 Å². The fraction of sp³-hybridized carbons (Fsp3) is 0. The molecule has 0 saturated heterocycles. The summed E-state index contributed by atoms with van der Waals surface area (Å²) in [7, 11) is 0. The number of nitrogens with zero attached hydrogens (tertiary/aromatic N) is 1. The van der Waals surface area contributed by atoms with Gasteiger partial charge < -0.3 is 9.90 Å². The minimum Gasteiger partial charge on any atom is -0.483 e. The summed E-state index contributed by atoms with van der Waals surface area (Å²) < 4.78 is 0. The van der Waals surface area contributed by atoms with E-state index in [-0.39, 0.29) is 6.47 Å². The van der Waals surface area contributed by atoms with Crippen LogP contribution in [0.3, 0.4) is 0 Å². The summed E-state index contributed by atoms with van der Waals surface area (Å²) in [5, 5.41) is 13.4. The highest BCUT2D eigenvalue weighted by molar-refractivity contribution is 5.32. The summed E-state index contributed by atoms with van der Waals surface area (Å²) in [4.78, 5) is 16.4. The van der Waals surface area contributed by atoms with Crippen molar-refractivity contribution in [1.29, 1.82) is 5.26 Å². The first-order chi connectivity index (χ1) is 3.41. The molecule has 0 unspecified atom stereocenters. The van der Waals surface area contributed by atoms with Gasteiger partial charge in [0.2, 0.25) is 0 Å². The van der Waals surface area contributed by atoms with Crippen molar-refractivity contribution in [3.63, 3.8) is 0 Å². The maximum atomic E-state index is 8.36. The zero-order chi connectivity index (χ0) is 6.71. The largest absolute Gasteiger partial charge is 0.483 e. The molecule has 0 aliphatic heterocycles. The third-order valence-electron chi connectivity index (χ3n) is 0. The van der Waals surface area contributed by atoms with Crippen LogP contribution in [-0.4, -0.2) is 18.4 Å². The Morgan fingerprint density at radius 1 is 1.57 bits per heavy atom. The quantitative estimate of drug-likeness (QED) is 0.425. The summed E-state index contributed by atoms with van der Waals surface area (Å²) >= 11 is 0. The Hall–Kier alpha value is -1.37. The van der Waals surface area contributed by atoms with Crippen LogP contribution in [0.2, 0.25) is 0 Å². The summed E-state index contributed by atoms with van der Waals surface area (Å²) in [5.41, 5.74) is 0. The zero-order valence-electron chi connectivity index (χ0n) is 3.57. The van der Waals surface area contributed by atoms with Crippen molar-refractivity contribution in [1.82, 2.24) is 0 Å². The third-order valence-corrected chi connectivity index (χ3v) is 0. The molecule has 0 spiro atoms. The van der Waals surface area contributed by atoms with E-state index in [9.17, 15) is 0 Å². The first-order valence-electron chi connectivity index (χ1n) is 1.04. The molecule has 0 amide bonds. The fourth-order valence-electron chi connectivity index (χ4n) is 0. The second-order valence-electron chi connectivity index (χ2n) is 0.105. The van der Waals surface area contributed by atoms with Crippen LogP contribution in [0.5, 0.6) is 0 Å². The van der Waals surface area contributed by atoms with Crippen molar-refractivity contribution in [2.24, 2.45) is 0 Å². The lowest BCUT2D eigenvalue weighted by molar-refractivity contribution is -0.122. The van der Waals surface area contributed by atoms with Gasteiger partial charge in [-0.25, -0.2) is 5.26 Å². The monoisotopic (exact) mass is 103 g/mol. The fourth-order valence-corrected chi connectivity index (χ4v) is 0. The molecular weight excluding hydrogens is 98.0 g/mol. The molecule has 0 bridgehead atoms. The van der Waals surface area contributed by atoms with Gasteiger partial charge in [0, 0.05) is 6.57 Å². The van der Waals surface area contributed by atoms with Gasteiger partial charge in [0.15, 0.2) is 0 Å². The molecule has 1 N–H and O–H groups in total. The molecule has 40 valence electrons. The van der Waals surface area contributed by atoms with E-state index in [0.717, 1.165) is 0 Å². The van der Waals surface area contributed by atoms with E-state index in [1.807, 2.05) is 6.79 Å². The zero-order valence-corrected chi connectivity index (χ0v) is 3.57. The molecule has 0 aromatic heterocycles. The predicted molar refractivity (Wildman–Crippen MR) is 22.5 cm³/mol. The molecular formula is C3H5NO3. The highest BCUT2D eigenvalue weighted by atomic mass is 16.3. The summed E-state index contributed by atoms with van der Waals surface area (Å²) in [6.45, 7) is 5.25. The Bertz CT molecular complexity index is 42.7. The Morgan fingerprint density at radius 3 is 1.57 bits per heavy atom. The lowest BCUT2D eigenvalue weighted by atomic mass is 11.7. The van der Waals surface area contributed by atoms with Gasteiger partial charge in [0.1, 0.15) is 6.79 Å². The Morgan fingerprint density at radius 2 is 1.57 bits per heavy atom. The van der Waals surface area contributed by atoms with Crippen LogP contribution in [0.15, 0.2) is 0 Å². The average molecular weight is 103 g/mol. The second-order valence-corrected chi connectivity index (χ2v) is 0.105. The van der Waals surface area contributed by atoms with E-state index >= 15 is 0 Å². The highest BCUT2D eigenvalue weighted by Crippen LogP contribution is 0.966. The molecule has 0 atom stereocenters. The molecule has 0 aliphatic rings. The van der Waals surface area contributed by atoms with Crippen molar-refractivity contribution in [3.05, 3.63) is 0 Å². The second kappa shape index (κ2) is 446. The summed E-state index contributed by atoms with van der Waals surface area (Å²) in [5.74, 6) is 0. The first kappa shape index (κ1) is 17.4. The van der Waals surface area contributed by atoms with Gasteiger partial charge in [0.05, 0.1) is 0 Å². The molecule has 0 aromatic carbocycles. The van der Waals surface area contributed by atoms with Gasteiger partial charge in [-0.3, -0.25) is 4.79 Å². The summed E-state index contributed by atoms with van der Waals surface area (Å²) in [6, 6.07) is 0. The van der Waals surface area contributed by atoms with E-state index in [0.29, 0.717) is 0 Å². The van der Waals surface area contributed by atoms with Crippen LogP contribution < -0.4 is 0 Å². The molecule has 0 saturated carbocycles. The average Bonchev–Trinajstić information content (AvgIpc) is 1.78. The maximum absolute atomic E-state index is 8.36. The lowest BCUT2D eigenvalue weighted by Crippen LogP contribution is -1.49. The number of carbonyl (C=O) groups excluding carboxylic acids is 1. The molecule has 0 aromatic rings. The molecule has 0 aliphatic carbocycles. The van der Waals surface area contributed by atoms with Gasteiger partial charge >= 0.3 is 0 Å². The van der Waals surface area contributed by atoms with Crippen LogP contribution in [0.25, 0.3) is 0 Å². The van der Waals surface area contributed by atoms with Crippen LogP contribution in [-0.2, 0) is 9.59 Å². The van der Waals surface area contributed by atoms with E-state index in [2.05, 4.69) is 6.57 Å². The summed E-state index contributed by atoms with van der Waals surface area (Å²) in [6.07, 6.45) is 0. The number of hydrogen-bond donors (Lipinski definition) is 1. The number of hydrogen-bond acceptors (Lipinski definition) is 3. The lowest BCUT2D eigenvalue weighted by Gasteiger charge is -1.34. The van der Waals surface area contributed by atoms with Gasteiger partial charge in [-0.1, -0.05) is 0 Å². The van der Waals surface area contributed by atoms with E-state index in [1.54, 1.807) is 0 Å². The maximum Gasteiger partial charge on any atom is 0.290 e. The van der Waals surface area contributed by atoms with E-state index in [1.165, 1.54) is 0 Å². The van der Waals surface area contributed by atoms with Crippen LogP contribution in [0.4, 0.5) is 0 Å². The minimum absolute atomic E-state index is 0.250. The topological polar surface area (TPSA) is 78.2 Å². The van der Waals surface area contributed by atoms with Gasteiger partial charge in [-0.15, -0.1) is 0 Å². The van der Waals surface area contributed by atoms with Gasteiger partial charge in [0.25, 0.3) is 6.47 Å².